The molecule has 0 radical (unpaired) electrons. The normalized spacial score (nSPS) is 12.0. The molecule has 0 aromatic rings. The van der Waals surface area contributed by atoms with Crippen molar-refractivity contribution in [2.45, 2.75) is 33.1 Å². The summed E-state index contributed by atoms with van der Waals surface area (Å²) in [5.74, 6) is -0.780. The molecule has 0 aliphatic heterocycles. The van der Waals surface area contributed by atoms with Crippen molar-refractivity contribution in [1.82, 2.24) is 5.48 Å². The van der Waals surface area contributed by atoms with Gasteiger partial charge in [0.15, 0.2) is 0 Å². The average Bonchev–Trinajstić information content (AvgIpc) is 2.06. The van der Waals surface area contributed by atoms with E-state index in [1.165, 1.54) is 0 Å². The highest BCUT2D eigenvalue weighted by atomic mass is 16.8. The molecule has 0 spiro atoms. The first-order valence-corrected chi connectivity index (χ1v) is 4.32. The van der Waals surface area contributed by atoms with Crippen LogP contribution in [0.3, 0.4) is 0 Å². The maximum atomic E-state index is 5.40. The Morgan fingerprint density at radius 2 is 1.58 bits per heavy atom. The van der Waals surface area contributed by atoms with Gasteiger partial charge < -0.3 is 14.3 Å². The van der Waals surface area contributed by atoms with Crippen LogP contribution in [0.15, 0.2) is 0 Å². The van der Waals surface area contributed by atoms with Gasteiger partial charge in [-0.25, -0.2) is 0 Å². The van der Waals surface area contributed by atoms with E-state index in [1.807, 2.05) is 20.8 Å². The Kier molecular flexibility index (Phi) is 6.28. The van der Waals surface area contributed by atoms with Crippen LogP contribution in [0.4, 0.5) is 0 Å². The van der Waals surface area contributed by atoms with Crippen LogP contribution < -0.4 is 5.48 Å². The van der Waals surface area contributed by atoms with E-state index < -0.39 is 5.91 Å². The largest absolute Gasteiger partial charge is 0.336 e. The van der Waals surface area contributed by atoms with Gasteiger partial charge in [-0.3, -0.25) is 0 Å². The lowest BCUT2D eigenvalue weighted by atomic mass is 10.4. The van der Waals surface area contributed by atoms with Crippen LogP contribution in [-0.4, -0.2) is 26.2 Å². The first-order valence-electron chi connectivity index (χ1n) is 4.32. The van der Waals surface area contributed by atoms with E-state index in [9.17, 15) is 0 Å². The van der Waals surface area contributed by atoms with E-state index >= 15 is 0 Å². The molecule has 12 heavy (non-hydrogen) atoms. The van der Waals surface area contributed by atoms with Crippen LogP contribution >= 0.6 is 0 Å². The average molecular weight is 177 g/mol. The number of nitrogens with one attached hydrogen (secondary N) is 1. The molecule has 0 fully saturated rings. The van der Waals surface area contributed by atoms with Gasteiger partial charge in [0.2, 0.25) is 5.91 Å². The third kappa shape index (κ3) is 3.49. The van der Waals surface area contributed by atoms with E-state index in [0.29, 0.717) is 19.6 Å². The molecule has 0 aromatic carbocycles. The fourth-order valence-corrected chi connectivity index (χ4v) is 0.999. The van der Waals surface area contributed by atoms with Gasteiger partial charge in [0.25, 0.3) is 0 Å². The van der Waals surface area contributed by atoms with E-state index in [-0.39, 0.29) is 0 Å². The lowest BCUT2D eigenvalue weighted by molar-refractivity contribution is -0.300. The minimum Gasteiger partial charge on any atom is -0.336 e. The second-order valence-electron chi connectivity index (χ2n) is 2.28. The third-order valence-electron chi connectivity index (χ3n) is 1.48. The lowest BCUT2D eigenvalue weighted by Crippen LogP contribution is -2.49. The molecule has 0 aliphatic rings. The maximum absolute atomic E-state index is 5.40. The van der Waals surface area contributed by atoms with Crippen LogP contribution in [0.5, 0.6) is 0 Å². The lowest BCUT2D eigenvalue weighted by Gasteiger charge is -2.31. The van der Waals surface area contributed by atoms with Crippen molar-refractivity contribution in [3.8, 4) is 0 Å². The van der Waals surface area contributed by atoms with Gasteiger partial charge in [-0.15, -0.1) is 5.48 Å². The van der Waals surface area contributed by atoms with Crippen LogP contribution in [0.2, 0.25) is 0 Å². The highest BCUT2D eigenvalue weighted by Gasteiger charge is 2.28. The number of hydroxylamine groups is 1. The summed E-state index contributed by atoms with van der Waals surface area (Å²) in [5, 5.41) is 0. The molecule has 4 heteroatoms. The molecule has 0 saturated heterocycles. The predicted octanol–water partition coefficient (Wildman–Crippen LogP) is 1.27. The number of ether oxygens (including phenoxy) is 2. The summed E-state index contributed by atoms with van der Waals surface area (Å²) >= 11 is 0. The van der Waals surface area contributed by atoms with Crippen LogP contribution in [0, 0.1) is 0 Å². The Labute approximate surface area is 74.1 Å². The van der Waals surface area contributed by atoms with Gasteiger partial charge in [0.05, 0.1) is 7.11 Å². The van der Waals surface area contributed by atoms with Crippen LogP contribution in [0.1, 0.15) is 27.2 Å². The van der Waals surface area contributed by atoms with Gasteiger partial charge in [-0.05, 0) is 13.8 Å². The summed E-state index contributed by atoms with van der Waals surface area (Å²) in [6, 6.07) is 0. The standard InChI is InChI=1S/C8H19NO3/c1-5-8(9-10-4,11-6-2)12-7-3/h9H,5-7H2,1-4H3. The van der Waals surface area contributed by atoms with Crippen molar-refractivity contribution in [3.63, 3.8) is 0 Å². The van der Waals surface area contributed by atoms with Gasteiger partial charge in [0.1, 0.15) is 0 Å². The quantitative estimate of drug-likeness (QED) is 0.469. The fourth-order valence-electron chi connectivity index (χ4n) is 0.999. The van der Waals surface area contributed by atoms with Gasteiger partial charge in [-0.2, -0.15) is 0 Å². The first-order chi connectivity index (χ1) is 5.74. The Bertz CT molecular complexity index is 91.5. The second-order valence-corrected chi connectivity index (χ2v) is 2.28. The van der Waals surface area contributed by atoms with Crippen LogP contribution in [0.25, 0.3) is 0 Å². The highest BCUT2D eigenvalue weighted by molar-refractivity contribution is 4.58. The minimum atomic E-state index is -0.780. The van der Waals surface area contributed by atoms with Gasteiger partial charge >= 0.3 is 0 Å². The molecule has 0 unspecified atom stereocenters. The molecule has 4 nitrogen and oxygen atoms in total. The summed E-state index contributed by atoms with van der Waals surface area (Å²) in [6.45, 7) is 6.98. The van der Waals surface area contributed by atoms with E-state index in [2.05, 4.69) is 5.48 Å². The zero-order valence-electron chi connectivity index (χ0n) is 8.35. The van der Waals surface area contributed by atoms with Crippen molar-refractivity contribution >= 4 is 0 Å². The fraction of sp³-hybridized carbons (Fsp3) is 1.00. The molecule has 0 rings (SSSR count). The van der Waals surface area contributed by atoms with E-state index in [4.69, 9.17) is 14.3 Å². The molecule has 0 aromatic heterocycles. The Morgan fingerprint density at radius 3 is 1.83 bits per heavy atom. The topological polar surface area (TPSA) is 39.7 Å². The monoisotopic (exact) mass is 177 g/mol. The summed E-state index contributed by atoms with van der Waals surface area (Å²) in [7, 11) is 1.54. The molecule has 0 amide bonds. The van der Waals surface area contributed by atoms with Crippen molar-refractivity contribution in [3.05, 3.63) is 0 Å². The molecule has 0 saturated carbocycles. The van der Waals surface area contributed by atoms with Gasteiger partial charge in [0, 0.05) is 19.6 Å². The summed E-state index contributed by atoms with van der Waals surface area (Å²) < 4.78 is 10.8. The zero-order valence-corrected chi connectivity index (χ0v) is 8.35. The molecule has 0 aliphatic carbocycles. The first kappa shape index (κ1) is 11.8. The smallest absolute Gasteiger partial charge is 0.249 e. The third-order valence-corrected chi connectivity index (χ3v) is 1.48. The Morgan fingerprint density at radius 1 is 1.08 bits per heavy atom. The molecule has 74 valence electrons. The predicted molar refractivity (Wildman–Crippen MR) is 46.4 cm³/mol. The van der Waals surface area contributed by atoms with Crippen molar-refractivity contribution in [2.75, 3.05) is 20.3 Å². The molecular formula is C8H19NO3. The molecule has 0 heterocycles. The number of hydrogen-bond acceptors (Lipinski definition) is 4. The van der Waals surface area contributed by atoms with E-state index in [1.54, 1.807) is 7.11 Å². The summed E-state index contributed by atoms with van der Waals surface area (Å²) in [5.41, 5.74) is 2.70. The molecular weight excluding hydrogens is 158 g/mol. The highest BCUT2D eigenvalue weighted by Crippen LogP contribution is 2.13. The van der Waals surface area contributed by atoms with Crippen molar-refractivity contribution in [2.24, 2.45) is 0 Å². The molecule has 0 atom stereocenters. The van der Waals surface area contributed by atoms with E-state index in [0.717, 1.165) is 0 Å². The number of rotatable bonds is 7. The second kappa shape index (κ2) is 6.37. The molecule has 0 bridgehead atoms. The molecule has 1 N–H and O–H groups in total. The SMILES string of the molecule is CCOC(CC)(NOC)OCC. The minimum absolute atomic E-state index is 0.587. The van der Waals surface area contributed by atoms with Gasteiger partial charge in [-0.1, -0.05) is 6.92 Å². The number of hydrogen-bond donors (Lipinski definition) is 1. The van der Waals surface area contributed by atoms with Crippen LogP contribution in [-0.2, 0) is 14.3 Å². The van der Waals surface area contributed by atoms with Crippen molar-refractivity contribution in [1.29, 1.82) is 0 Å². The Balaban J connectivity index is 4.06. The maximum Gasteiger partial charge on any atom is 0.249 e. The summed E-state index contributed by atoms with van der Waals surface area (Å²) in [6.07, 6.45) is 0.697. The Hall–Kier alpha value is -0.160. The van der Waals surface area contributed by atoms with Crippen molar-refractivity contribution < 1.29 is 14.3 Å². The summed E-state index contributed by atoms with van der Waals surface area (Å²) in [4.78, 5) is 4.80. The zero-order chi connectivity index (χ0) is 9.45.